The second-order valence-corrected chi connectivity index (χ2v) is 13.1. The van der Waals surface area contributed by atoms with Crippen LogP contribution in [0.25, 0.3) is 0 Å². The van der Waals surface area contributed by atoms with Crippen LogP contribution in [-0.2, 0) is 46.4 Å². The van der Waals surface area contributed by atoms with Crippen LogP contribution in [0.2, 0.25) is 0 Å². The second-order valence-electron chi connectivity index (χ2n) is 12.1. The Morgan fingerprint density at radius 2 is 1.25 bits per heavy atom. The van der Waals surface area contributed by atoms with Crippen molar-refractivity contribution in [3.63, 3.8) is 0 Å². The van der Waals surface area contributed by atoms with Crippen LogP contribution in [0.1, 0.15) is 30.9 Å². The number of carbonyl (C=O) groups excluding carboxylic acids is 6. The highest BCUT2D eigenvalue weighted by Gasteiger charge is 2.35. The minimum absolute atomic E-state index is 0.0702. The van der Waals surface area contributed by atoms with Crippen LogP contribution in [0, 0.1) is 0 Å². The summed E-state index contributed by atoms with van der Waals surface area (Å²) in [5, 5.41) is 51.2. The number of amides is 6. The zero-order valence-electron chi connectivity index (χ0n) is 29.2. The summed E-state index contributed by atoms with van der Waals surface area (Å²) in [4.78, 5) is 89.5. The van der Waals surface area contributed by atoms with E-state index in [1.165, 1.54) is 36.0 Å². The molecular weight excluding hydrogens is 714 g/mol. The van der Waals surface area contributed by atoms with E-state index >= 15 is 0 Å². The average Bonchev–Trinajstić information content (AvgIpc) is 3.11. The molecule has 7 atom stereocenters. The Kier molecular flexibility index (Phi) is 18.2. The maximum absolute atomic E-state index is 13.5. The number of aromatic hydroxyl groups is 1. The third-order valence-electron chi connectivity index (χ3n) is 7.79. The highest BCUT2D eigenvalue weighted by Crippen LogP contribution is 2.13. The van der Waals surface area contributed by atoms with Crippen molar-refractivity contribution < 1.29 is 54.0 Å². The predicted molar refractivity (Wildman–Crippen MR) is 193 cm³/mol. The number of nitrogens with one attached hydrogen (secondary N) is 5. The van der Waals surface area contributed by atoms with Gasteiger partial charge in [0.1, 0.15) is 36.0 Å². The SMILES string of the molecule is CSCC[C@H](NC(=O)[C@H](Cc1ccc(O)cc1)NC(=O)[C@@H](NC(=O)[C@H](CO)NC(=O)[C@H](CC(N)=O)NC(=O)[C@@H](N)Cc1ccccc1)[C@@H](C)O)C(=O)O. The van der Waals surface area contributed by atoms with Gasteiger partial charge < -0.3 is 58.5 Å². The molecule has 0 bridgehead atoms. The minimum Gasteiger partial charge on any atom is -0.508 e. The van der Waals surface area contributed by atoms with Gasteiger partial charge in [-0.1, -0.05) is 42.5 Å². The van der Waals surface area contributed by atoms with Gasteiger partial charge in [-0.2, -0.15) is 11.8 Å². The van der Waals surface area contributed by atoms with E-state index in [-0.39, 0.29) is 25.0 Å². The smallest absolute Gasteiger partial charge is 0.326 e. The molecule has 19 heteroatoms. The Morgan fingerprint density at radius 1 is 0.717 bits per heavy atom. The van der Waals surface area contributed by atoms with Gasteiger partial charge in [-0.15, -0.1) is 0 Å². The van der Waals surface area contributed by atoms with Gasteiger partial charge in [-0.05, 0) is 55.0 Å². The molecule has 53 heavy (non-hydrogen) atoms. The molecule has 290 valence electrons. The summed E-state index contributed by atoms with van der Waals surface area (Å²) in [5.41, 5.74) is 12.4. The first-order valence-electron chi connectivity index (χ1n) is 16.4. The molecule has 0 unspecified atom stereocenters. The first-order chi connectivity index (χ1) is 25.1. The number of aliphatic carboxylic acids is 1. The quantitative estimate of drug-likeness (QED) is 0.0571. The molecule has 2 aromatic carbocycles. The summed E-state index contributed by atoms with van der Waals surface area (Å²) >= 11 is 1.36. The van der Waals surface area contributed by atoms with Crippen molar-refractivity contribution in [1.82, 2.24) is 26.6 Å². The molecule has 0 heterocycles. The van der Waals surface area contributed by atoms with E-state index in [2.05, 4.69) is 26.6 Å². The fourth-order valence-electron chi connectivity index (χ4n) is 4.88. The number of aliphatic hydroxyl groups is 2. The van der Waals surface area contributed by atoms with Crippen molar-refractivity contribution in [3.05, 3.63) is 65.7 Å². The van der Waals surface area contributed by atoms with Gasteiger partial charge in [-0.3, -0.25) is 28.8 Å². The van der Waals surface area contributed by atoms with Gasteiger partial charge in [-0.25, -0.2) is 4.79 Å². The molecule has 2 rings (SSSR count). The molecule has 6 amide bonds. The number of carbonyl (C=O) groups is 7. The molecule has 13 N–H and O–H groups in total. The van der Waals surface area contributed by atoms with E-state index in [1.807, 2.05) is 0 Å². The fraction of sp³-hybridized carbons (Fsp3) is 0.441. The van der Waals surface area contributed by atoms with E-state index in [0.29, 0.717) is 11.3 Å². The molecule has 0 aliphatic heterocycles. The Bertz CT molecular complexity index is 1560. The van der Waals surface area contributed by atoms with Crippen LogP contribution in [0.3, 0.4) is 0 Å². The number of phenols is 1. The maximum Gasteiger partial charge on any atom is 0.326 e. The Balaban J connectivity index is 2.21. The van der Waals surface area contributed by atoms with E-state index < -0.39 is 96.8 Å². The summed E-state index contributed by atoms with van der Waals surface area (Å²) in [7, 11) is 0. The monoisotopic (exact) mass is 761 g/mol. The van der Waals surface area contributed by atoms with E-state index in [4.69, 9.17) is 11.5 Å². The number of carboxylic acid groups (broad SMARTS) is 1. The van der Waals surface area contributed by atoms with Gasteiger partial charge in [0, 0.05) is 6.42 Å². The zero-order valence-corrected chi connectivity index (χ0v) is 30.0. The van der Waals surface area contributed by atoms with E-state index in [9.17, 15) is 54.0 Å². The molecule has 0 aliphatic carbocycles. The number of carboxylic acids is 1. The number of hydrogen-bond acceptors (Lipinski definition) is 12. The van der Waals surface area contributed by atoms with Crippen molar-refractivity contribution >= 4 is 53.2 Å². The molecule has 0 saturated carbocycles. The normalized spacial score (nSPS) is 14.9. The Labute approximate surface area is 309 Å². The van der Waals surface area contributed by atoms with Crippen molar-refractivity contribution in [1.29, 1.82) is 0 Å². The van der Waals surface area contributed by atoms with Crippen molar-refractivity contribution in [3.8, 4) is 5.75 Å². The lowest BCUT2D eigenvalue weighted by molar-refractivity contribution is -0.142. The van der Waals surface area contributed by atoms with Gasteiger partial charge in [0.05, 0.1) is 25.2 Å². The molecule has 0 saturated heterocycles. The van der Waals surface area contributed by atoms with Gasteiger partial charge in [0.25, 0.3) is 0 Å². The van der Waals surface area contributed by atoms with E-state index in [0.717, 1.165) is 12.5 Å². The van der Waals surface area contributed by atoms with Crippen LogP contribution in [0.4, 0.5) is 0 Å². The van der Waals surface area contributed by atoms with Crippen LogP contribution in [0.15, 0.2) is 54.6 Å². The first kappa shape index (κ1) is 43.9. The standard InChI is InChI=1S/C34H47N7O11S/c1-18(43)28(33(50)39-24(15-20-8-10-21(44)11-9-20)30(47)37-23(34(51)52)12-13-53-2)41-32(49)26(17-42)40-31(48)25(16-27(36)45)38-29(46)22(35)14-19-6-4-3-5-7-19/h3-11,18,22-26,28,42-44H,12-17,35H2,1-2H3,(H2,36,45)(H,37,47)(H,38,46)(H,39,50)(H,40,48)(H,41,49)(H,51,52)/t18-,22+,23+,24+,25+,26+,28+/m1/s1. The number of benzene rings is 2. The predicted octanol–water partition coefficient (Wildman–Crippen LogP) is -2.99. The van der Waals surface area contributed by atoms with Crippen LogP contribution < -0.4 is 38.1 Å². The molecule has 0 aromatic heterocycles. The summed E-state index contributed by atoms with van der Waals surface area (Å²) in [6.45, 7) is 0.112. The minimum atomic E-state index is -1.77. The summed E-state index contributed by atoms with van der Waals surface area (Å²) in [6, 6.07) is 5.34. The Morgan fingerprint density at radius 3 is 1.79 bits per heavy atom. The van der Waals surface area contributed by atoms with Gasteiger partial charge in [0.15, 0.2) is 0 Å². The third kappa shape index (κ3) is 15.1. The first-order valence-corrected chi connectivity index (χ1v) is 17.8. The van der Waals surface area contributed by atoms with E-state index in [1.54, 1.807) is 36.6 Å². The molecule has 0 aliphatic rings. The number of aliphatic hydroxyl groups excluding tert-OH is 2. The van der Waals surface area contributed by atoms with Crippen LogP contribution in [0.5, 0.6) is 5.75 Å². The lowest BCUT2D eigenvalue weighted by Crippen LogP contribution is -2.62. The number of hydrogen-bond donors (Lipinski definition) is 11. The summed E-state index contributed by atoms with van der Waals surface area (Å²) in [6.07, 6.45) is -0.561. The zero-order chi connectivity index (χ0) is 39.7. The van der Waals surface area contributed by atoms with Gasteiger partial charge in [0.2, 0.25) is 35.4 Å². The van der Waals surface area contributed by atoms with Crippen LogP contribution in [-0.4, -0.2) is 123 Å². The van der Waals surface area contributed by atoms with Crippen molar-refractivity contribution in [2.75, 3.05) is 18.6 Å². The summed E-state index contributed by atoms with van der Waals surface area (Å²) < 4.78 is 0. The number of phenolic OH excluding ortho intramolecular Hbond substituents is 1. The van der Waals surface area contributed by atoms with Crippen LogP contribution >= 0.6 is 11.8 Å². The highest BCUT2D eigenvalue weighted by molar-refractivity contribution is 7.98. The molecular formula is C34H47N7O11S. The average molecular weight is 762 g/mol. The molecule has 2 aromatic rings. The van der Waals surface area contributed by atoms with Crippen molar-refractivity contribution in [2.45, 2.75) is 75.0 Å². The third-order valence-corrected chi connectivity index (χ3v) is 8.43. The molecule has 18 nitrogen and oxygen atoms in total. The molecule has 0 spiro atoms. The maximum atomic E-state index is 13.5. The number of thioether (sulfide) groups is 1. The molecule has 0 fully saturated rings. The topological polar surface area (TPSA) is 313 Å². The number of primary amides is 1. The second kappa shape index (κ2) is 22.0. The number of nitrogens with two attached hydrogens (primary N) is 2. The van der Waals surface area contributed by atoms with Gasteiger partial charge >= 0.3 is 5.97 Å². The van der Waals surface area contributed by atoms with Crippen molar-refractivity contribution in [2.24, 2.45) is 11.5 Å². The lowest BCUT2D eigenvalue weighted by atomic mass is 10.0. The summed E-state index contributed by atoms with van der Waals surface area (Å²) in [5.74, 6) is -7.01. The fourth-order valence-corrected chi connectivity index (χ4v) is 5.35. The lowest BCUT2D eigenvalue weighted by Gasteiger charge is -2.27. The molecule has 0 radical (unpaired) electrons. The Hall–Kier alpha value is -5.24. The largest absolute Gasteiger partial charge is 0.508 e. The number of rotatable bonds is 22. The highest BCUT2D eigenvalue weighted by atomic mass is 32.2.